The van der Waals surface area contributed by atoms with Crippen LogP contribution in [0.3, 0.4) is 0 Å². The maximum absolute atomic E-state index is 5.06. The number of hydrogen-bond donors (Lipinski definition) is 2. The van der Waals surface area contributed by atoms with Crippen LogP contribution in [0, 0.1) is 12.8 Å². The summed E-state index contributed by atoms with van der Waals surface area (Å²) in [6.07, 6.45) is 8.25. The molecule has 0 atom stereocenters. The summed E-state index contributed by atoms with van der Waals surface area (Å²) in [5.41, 5.74) is 6.78. The van der Waals surface area contributed by atoms with Gasteiger partial charge in [-0.05, 0) is 75.0 Å². The van der Waals surface area contributed by atoms with Crippen LogP contribution in [-0.2, 0) is 6.54 Å². The van der Waals surface area contributed by atoms with Crippen LogP contribution in [0.25, 0.3) is 33.5 Å². The zero-order valence-corrected chi connectivity index (χ0v) is 17.1. The van der Waals surface area contributed by atoms with Gasteiger partial charge in [0.1, 0.15) is 5.82 Å². The summed E-state index contributed by atoms with van der Waals surface area (Å²) in [5.74, 6) is 1.96. The van der Waals surface area contributed by atoms with E-state index in [0.717, 1.165) is 40.4 Å². The van der Waals surface area contributed by atoms with Gasteiger partial charge in [0.25, 0.3) is 0 Å². The van der Waals surface area contributed by atoms with Crippen molar-refractivity contribution in [1.82, 2.24) is 24.8 Å². The molecule has 0 radical (unpaired) electrons. The molecule has 2 N–H and O–H groups in total. The van der Waals surface area contributed by atoms with E-state index in [-0.39, 0.29) is 0 Å². The number of unbranched alkanes of at least 4 members (excludes halogenated alkanes) is 1. The molecule has 0 unspecified atom stereocenters. The second-order valence-corrected chi connectivity index (χ2v) is 8.35. The minimum Gasteiger partial charge on any atom is -0.345 e. The van der Waals surface area contributed by atoms with Gasteiger partial charge in [-0.2, -0.15) is 0 Å². The predicted octanol–water partition coefficient (Wildman–Crippen LogP) is 5.06. The second kappa shape index (κ2) is 7.99. The highest BCUT2D eigenvalue weighted by Gasteiger charge is 2.16. The summed E-state index contributed by atoms with van der Waals surface area (Å²) in [6.45, 7) is 5.54. The van der Waals surface area contributed by atoms with E-state index in [9.17, 15) is 0 Å². The number of hydrogen-bond acceptors (Lipinski definition) is 3. The fourth-order valence-corrected chi connectivity index (χ4v) is 4.68. The monoisotopic (exact) mass is 387 g/mol. The summed E-state index contributed by atoms with van der Waals surface area (Å²) >= 11 is 0. The van der Waals surface area contributed by atoms with Crippen molar-refractivity contribution in [3.05, 3.63) is 48.3 Å². The third-order valence-electron chi connectivity index (χ3n) is 6.36. The van der Waals surface area contributed by atoms with Gasteiger partial charge < -0.3 is 14.9 Å². The summed E-state index contributed by atoms with van der Waals surface area (Å²) in [4.78, 5) is 12.7. The maximum atomic E-state index is 5.06. The molecular weight excluding hydrogens is 358 g/mol. The van der Waals surface area contributed by atoms with Crippen molar-refractivity contribution in [1.29, 1.82) is 0 Å². The van der Waals surface area contributed by atoms with Crippen molar-refractivity contribution in [3.8, 4) is 11.4 Å². The normalized spacial score (nSPS) is 15.5. The van der Waals surface area contributed by atoms with E-state index in [1.165, 1.54) is 56.3 Å². The van der Waals surface area contributed by atoms with Crippen LogP contribution >= 0.6 is 0 Å². The van der Waals surface area contributed by atoms with E-state index in [4.69, 9.17) is 4.98 Å². The molecule has 1 saturated heterocycles. The smallest absolute Gasteiger partial charge is 0.141 e. The number of H-pyrrole nitrogens is 1. The molecule has 5 nitrogen and oxygen atoms in total. The Morgan fingerprint density at radius 3 is 2.90 bits per heavy atom. The Labute approximate surface area is 171 Å². The molecule has 2 aromatic heterocycles. The van der Waals surface area contributed by atoms with Gasteiger partial charge in [-0.1, -0.05) is 25.0 Å². The van der Waals surface area contributed by atoms with E-state index >= 15 is 0 Å². The minimum atomic E-state index is 0.902. The average Bonchev–Trinajstić information content (AvgIpc) is 3.37. The third-order valence-corrected chi connectivity index (χ3v) is 6.36. The van der Waals surface area contributed by atoms with Crippen LogP contribution in [0.1, 0.15) is 37.7 Å². The molecule has 5 heteroatoms. The van der Waals surface area contributed by atoms with Crippen molar-refractivity contribution in [3.63, 3.8) is 0 Å². The Balaban J connectivity index is 1.42. The van der Waals surface area contributed by atoms with Crippen LogP contribution < -0.4 is 5.32 Å². The molecule has 5 rings (SSSR count). The van der Waals surface area contributed by atoms with Gasteiger partial charge in [-0.15, -0.1) is 0 Å². The lowest BCUT2D eigenvalue weighted by molar-refractivity contribution is 0.341. The Hall–Kier alpha value is -2.66. The van der Waals surface area contributed by atoms with Crippen LogP contribution in [-0.4, -0.2) is 32.6 Å². The molecule has 1 fully saturated rings. The Bertz CT molecular complexity index is 1120. The molecule has 0 aliphatic carbocycles. The topological polar surface area (TPSA) is 58.5 Å². The van der Waals surface area contributed by atoms with Crippen molar-refractivity contribution >= 4 is 22.1 Å². The minimum absolute atomic E-state index is 0.902. The summed E-state index contributed by atoms with van der Waals surface area (Å²) < 4.78 is 2.42. The molecule has 2 aromatic carbocycles. The van der Waals surface area contributed by atoms with Gasteiger partial charge in [0.2, 0.25) is 0 Å². The third kappa shape index (κ3) is 3.67. The summed E-state index contributed by atoms with van der Waals surface area (Å²) in [7, 11) is 0. The Kier molecular flexibility index (Phi) is 5.06. The molecular formula is C24H29N5. The first kappa shape index (κ1) is 18.4. The molecule has 0 amide bonds. The van der Waals surface area contributed by atoms with E-state index < -0.39 is 0 Å². The number of aromatic amines is 1. The lowest BCUT2D eigenvalue weighted by Gasteiger charge is -2.22. The molecule has 150 valence electrons. The molecule has 4 aromatic rings. The highest BCUT2D eigenvalue weighted by molar-refractivity contribution is 5.86. The van der Waals surface area contributed by atoms with Crippen molar-refractivity contribution < 1.29 is 0 Å². The average molecular weight is 388 g/mol. The first-order chi connectivity index (χ1) is 14.3. The zero-order valence-electron chi connectivity index (χ0n) is 17.1. The van der Waals surface area contributed by atoms with E-state index in [0.29, 0.717) is 0 Å². The molecule has 3 heterocycles. The number of aryl methyl sites for hydroxylation is 2. The van der Waals surface area contributed by atoms with Crippen molar-refractivity contribution in [2.45, 2.75) is 45.6 Å². The second-order valence-electron chi connectivity index (χ2n) is 8.35. The summed E-state index contributed by atoms with van der Waals surface area (Å²) in [6, 6.07) is 12.9. The highest BCUT2D eigenvalue weighted by Crippen LogP contribution is 2.29. The van der Waals surface area contributed by atoms with Gasteiger partial charge >= 0.3 is 0 Å². The van der Waals surface area contributed by atoms with E-state index in [2.05, 4.69) is 63.2 Å². The van der Waals surface area contributed by atoms with Gasteiger partial charge in [0.15, 0.2) is 0 Å². The molecule has 29 heavy (non-hydrogen) atoms. The molecule has 0 bridgehead atoms. The lowest BCUT2D eigenvalue weighted by Crippen LogP contribution is -2.27. The number of imidazole rings is 2. The van der Waals surface area contributed by atoms with E-state index in [1.54, 1.807) is 6.33 Å². The summed E-state index contributed by atoms with van der Waals surface area (Å²) in [5, 5.41) is 3.47. The number of para-hydroxylation sites is 1. The number of fused-ring (bicyclic) bond motifs is 2. The highest BCUT2D eigenvalue weighted by atomic mass is 15.1. The van der Waals surface area contributed by atoms with Crippen LogP contribution in [0.2, 0.25) is 0 Å². The molecule has 0 saturated carbocycles. The fraction of sp³-hybridized carbons (Fsp3) is 0.417. The fourth-order valence-electron chi connectivity index (χ4n) is 4.68. The van der Waals surface area contributed by atoms with Crippen LogP contribution in [0.4, 0.5) is 0 Å². The number of nitrogens with zero attached hydrogens (tertiary/aromatic N) is 3. The predicted molar refractivity (Wildman–Crippen MR) is 119 cm³/mol. The quantitative estimate of drug-likeness (QED) is 0.455. The molecule has 0 spiro atoms. The number of nitrogens with one attached hydrogen (secondary N) is 2. The molecule has 1 aliphatic heterocycles. The van der Waals surface area contributed by atoms with Crippen molar-refractivity contribution in [2.24, 2.45) is 5.92 Å². The largest absolute Gasteiger partial charge is 0.345 e. The maximum Gasteiger partial charge on any atom is 0.141 e. The van der Waals surface area contributed by atoms with Crippen LogP contribution in [0.15, 0.2) is 42.7 Å². The first-order valence-electron chi connectivity index (χ1n) is 10.9. The Morgan fingerprint density at radius 2 is 2.00 bits per heavy atom. The lowest BCUT2D eigenvalue weighted by atomic mass is 9.92. The van der Waals surface area contributed by atoms with Crippen LogP contribution in [0.5, 0.6) is 0 Å². The van der Waals surface area contributed by atoms with E-state index in [1.807, 2.05) is 0 Å². The number of aromatic nitrogens is 4. The number of piperidine rings is 1. The van der Waals surface area contributed by atoms with Gasteiger partial charge in [-0.25, -0.2) is 9.97 Å². The molecule has 1 aliphatic rings. The zero-order chi connectivity index (χ0) is 19.6. The Morgan fingerprint density at radius 1 is 1.10 bits per heavy atom. The van der Waals surface area contributed by atoms with Gasteiger partial charge in [-0.3, -0.25) is 0 Å². The van der Waals surface area contributed by atoms with Gasteiger partial charge in [0, 0.05) is 12.1 Å². The number of rotatable bonds is 6. The van der Waals surface area contributed by atoms with Gasteiger partial charge in [0.05, 0.1) is 28.4 Å². The SMILES string of the molecule is Cc1cccc2c1nc(-c1ccc3[nH]cnc3c1)n2CCCCC1CCNCC1. The first-order valence-corrected chi connectivity index (χ1v) is 10.9. The standard InChI is InChI=1S/C24H29N5/c1-17-5-4-7-22-23(17)28-24(19-8-9-20-21(15-19)27-16-26-20)29(22)14-3-2-6-18-10-12-25-13-11-18/h4-5,7-9,15-16,18,25H,2-3,6,10-14H2,1H3,(H,26,27). The number of benzene rings is 2. The van der Waals surface area contributed by atoms with Crippen molar-refractivity contribution in [2.75, 3.05) is 13.1 Å².